The fourth-order valence-electron chi connectivity index (χ4n) is 3.83. The molecule has 158 valence electrons. The first-order chi connectivity index (χ1) is 13.9. The van der Waals surface area contributed by atoms with E-state index < -0.39 is 10.0 Å². The summed E-state index contributed by atoms with van der Waals surface area (Å²) in [6.45, 7) is 4.74. The van der Waals surface area contributed by atoms with E-state index in [1.165, 1.54) is 9.87 Å². The molecule has 0 radical (unpaired) electrons. The molecule has 1 N–H and O–H groups in total. The second kappa shape index (κ2) is 9.54. The van der Waals surface area contributed by atoms with Gasteiger partial charge in [-0.1, -0.05) is 35.5 Å². The van der Waals surface area contributed by atoms with Gasteiger partial charge >= 0.3 is 0 Å². The Morgan fingerprint density at radius 1 is 1.21 bits per heavy atom. The van der Waals surface area contributed by atoms with Crippen molar-refractivity contribution in [3.8, 4) is 0 Å². The van der Waals surface area contributed by atoms with Gasteiger partial charge in [-0.15, -0.1) is 0 Å². The van der Waals surface area contributed by atoms with Gasteiger partial charge in [0.15, 0.2) is 5.76 Å². The van der Waals surface area contributed by atoms with Gasteiger partial charge in [-0.2, -0.15) is 4.31 Å². The van der Waals surface area contributed by atoms with Gasteiger partial charge in [0.1, 0.15) is 10.6 Å². The Kier molecular flexibility index (Phi) is 7.08. The van der Waals surface area contributed by atoms with Crippen LogP contribution in [0.3, 0.4) is 0 Å². The van der Waals surface area contributed by atoms with E-state index >= 15 is 0 Å². The number of sulfonamides is 1. The third kappa shape index (κ3) is 5.45. The highest BCUT2D eigenvalue weighted by Crippen LogP contribution is 2.28. The maximum absolute atomic E-state index is 12.9. The van der Waals surface area contributed by atoms with E-state index in [1.54, 1.807) is 13.8 Å². The van der Waals surface area contributed by atoms with E-state index in [9.17, 15) is 13.2 Å². The fraction of sp³-hybridized carbons (Fsp3) is 0.524. The largest absolute Gasteiger partial charge is 0.360 e. The van der Waals surface area contributed by atoms with Gasteiger partial charge in [0.05, 0.1) is 0 Å². The standard InChI is InChI=1S/C21H29N3O4S/c1-16-21(17(2)28-23-16)29(26,27)24-13-10-19(11-14-24)15-20(25)22-12-6-9-18-7-4-3-5-8-18/h3-5,7-8,19H,6,9-15H2,1-2H3,(H,22,25). The second-order valence-corrected chi connectivity index (χ2v) is 9.52. The topological polar surface area (TPSA) is 92.5 Å². The molecule has 1 aromatic carbocycles. The molecule has 2 heterocycles. The van der Waals surface area contributed by atoms with Crippen LogP contribution in [0, 0.1) is 19.8 Å². The molecule has 7 nitrogen and oxygen atoms in total. The SMILES string of the molecule is Cc1noc(C)c1S(=O)(=O)N1CCC(CC(=O)NCCCc2ccccc2)CC1. The zero-order chi connectivity index (χ0) is 20.9. The number of piperidine rings is 1. The third-order valence-corrected chi connectivity index (χ3v) is 7.56. The Morgan fingerprint density at radius 2 is 1.90 bits per heavy atom. The molecule has 1 amide bonds. The van der Waals surface area contributed by atoms with E-state index in [0.717, 1.165) is 12.8 Å². The number of aryl methyl sites for hydroxylation is 3. The highest BCUT2D eigenvalue weighted by molar-refractivity contribution is 7.89. The summed E-state index contributed by atoms with van der Waals surface area (Å²) in [5, 5.41) is 6.74. The molecule has 0 aliphatic carbocycles. The lowest BCUT2D eigenvalue weighted by Crippen LogP contribution is -2.40. The predicted octanol–water partition coefficient (Wildman–Crippen LogP) is 2.83. The van der Waals surface area contributed by atoms with Crippen LogP contribution >= 0.6 is 0 Å². The number of carbonyl (C=O) groups is 1. The maximum Gasteiger partial charge on any atom is 0.248 e. The van der Waals surface area contributed by atoms with E-state index in [-0.39, 0.29) is 16.7 Å². The first-order valence-corrected chi connectivity index (χ1v) is 11.6. The van der Waals surface area contributed by atoms with E-state index in [2.05, 4.69) is 22.6 Å². The molecule has 1 aromatic heterocycles. The van der Waals surface area contributed by atoms with Crippen LogP contribution in [0.4, 0.5) is 0 Å². The molecule has 1 saturated heterocycles. The smallest absolute Gasteiger partial charge is 0.248 e. The molecule has 1 fully saturated rings. The molecule has 8 heteroatoms. The van der Waals surface area contributed by atoms with Crippen LogP contribution < -0.4 is 5.32 Å². The molecule has 0 unspecified atom stereocenters. The summed E-state index contributed by atoms with van der Waals surface area (Å²) in [6.07, 6.45) is 3.66. The molecule has 0 spiro atoms. The number of amides is 1. The van der Waals surface area contributed by atoms with Gasteiger partial charge in [-0.25, -0.2) is 8.42 Å². The predicted molar refractivity (Wildman–Crippen MR) is 110 cm³/mol. The minimum absolute atomic E-state index is 0.0464. The van der Waals surface area contributed by atoms with Gasteiger partial charge in [0.2, 0.25) is 15.9 Å². The van der Waals surface area contributed by atoms with E-state index in [0.29, 0.717) is 50.4 Å². The molecule has 0 saturated carbocycles. The van der Waals surface area contributed by atoms with Gasteiger partial charge in [-0.05, 0) is 51.0 Å². The molecular weight excluding hydrogens is 390 g/mol. The third-order valence-electron chi connectivity index (χ3n) is 5.42. The van der Waals surface area contributed by atoms with Gasteiger partial charge in [-0.3, -0.25) is 4.79 Å². The van der Waals surface area contributed by atoms with Crippen molar-refractivity contribution < 1.29 is 17.7 Å². The zero-order valence-electron chi connectivity index (χ0n) is 17.1. The maximum atomic E-state index is 12.9. The van der Waals surface area contributed by atoms with Crippen molar-refractivity contribution in [2.45, 2.75) is 50.8 Å². The van der Waals surface area contributed by atoms with Crippen LogP contribution in [-0.2, 0) is 21.2 Å². The van der Waals surface area contributed by atoms with Crippen molar-refractivity contribution >= 4 is 15.9 Å². The Labute approximate surface area is 172 Å². The summed E-state index contributed by atoms with van der Waals surface area (Å²) in [7, 11) is -3.60. The molecule has 3 rings (SSSR count). The molecule has 1 aliphatic heterocycles. The summed E-state index contributed by atoms with van der Waals surface area (Å²) in [5.41, 5.74) is 1.66. The Balaban J connectivity index is 1.41. The minimum atomic E-state index is -3.60. The number of nitrogens with zero attached hydrogens (tertiary/aromatic N) is 2. The highest BCUT2D eigenvalue weighted by atomic mass is 32.2. The monoisotopic (exact) mass is 419 g/mol. The summed E-state index contributed by atoms with van der Waals surface area (Å²) < 4.78 is 32.2. The molecule has 1 aliphatic rings. The first-order valence-electron chi connectivity index (χ1n) is 10.1. The zero-order valence-corrected chi connectivity index (χ0v) is 17.9. The summed E-state index contributed by atoms with van der Waals surface area (Å²) in [6, 6.07) is 10.2. The number of hydrogen-bond acceptors (Lipinski definition) is 5. The van der Waals surface area contributed by atoms with Gasteiger partial charge in [0.25, 0.3) is 0 Å². The van der Waals surface area contributed by atoms with E-state index in [1.807, 2.05) is 18.2 Å². The number of aromatic nitrogens is 1. The summed E-state index contributed by atoms with van der Waals surface area (Å²) in [5.74, 6) is 0.574. The number of benzene rings is 1. The van der Waals surface area contributed by atoms with Crippen LogP contribution in [0.1, 0.15) is 42.7 Å². The minimum Gasteiger partial charge on any atom is -0.360 e. The van der Waals surface area contributed by atoms with Crippen LogP contribution in [0.25, 0.3) is 0 Å². The van der Waals surface area contributed by atoms with Crippen molar-refractivity contribution in [1.82, 2.24) is 14.8 Å². The van der Waals surface area contributed by atoms with Crippen molar-refractivity contribution in [2.75, 3.05) is 19.6 Å². The van der Waals surface area contributed by atoms with Crippen LogP contribution in [0.5, 0.6) is 0 Å². The highest BCUT2D eigenvalue weighted by Gasteiger charge is 2.34. The summed E-state index contributed by atoms with van der Waals surface area (Å²) >= 11 is 0. The number of nitrogens with one attached hydrogen (secondary N) is 1. The quantitative estimate of drug-likeness (QED) is 0.664. The lowest BCUT2D eigenvalue weighted by Gasteiger charge is -2.30. The van der Waals surface area contributed by atoms with Crippen molar-refractivity contribution in [3.63, 3.8) is 0 Å². The number of carbonyl (C=O) groups excluding carboxylic acids is 1. The average molecular weight is 420 g/mol. The van der Waals surface area contributed by atoms with Crippen LogP contribution in [-0.4, -0.2) is 43.4 Å². The fourth-order valence-corrected chi connectivity index (χ4v) is 5.59. The number of rotatable bonds is 8. The Morgan fingerprint density at radius 3 is 2.52 bits per heavy atom. The van der Waals surface area contributed by atoms with Crippen molar-refractivity contribution in [2.24, 2.45) is 5.92 Å². The normalized spacial score (nSPS) is 16.1. The molecule has 29 heavy (non-hydrogen) atoms. The van der Waals surface area contributed by atoms with Crippen molar-refractivity contribution in [3.05, 3.63) is 47.3 Å². The van der Waals surface area contributed by atoms with Gasteiger partial charge in [0, 0.05) is 26.1 Å². The molecule has 0 atom stereocenters. The Hall–Kier alpha value is -2.19. The van der Waals surface area contributed by atoms with Crippen LogP contribution in [0.15, 0.2) is 39.8 Å². The van der Waals surface area contributed by atoms with E-state index in [4.69, 9.17) is 4.52 Å². The molecule has 2 aromatic rings. The first kappa shape index (κ1) is 21.5. The Bertz CT molecular complexity index is 897. The summed E-state index contributed by atoms with van der Waals surface area (Å²) in [4.78, 5) is 12.4. The lowest BCUT2D eigenvalue weighted by atomic mass is 9.94. The average Bonchev–Trinajstić information content (AvgIpc) is 3.05. The second-order valence-electron chi connectivity index (χ2n) is 7.64. The lowest BCUT2D eigenvalue weighted by molar-refractivity contribution is -0.122. The molecular formula is C21H29N3O4S. The van der Waals surface area contributed by atoms with Gasteiger partial charge < -0.3 is 9.84 Å². The number of hydrogen-bond donors (Lipinski definition) is 1. The molecule has 0 bridgehead atoms. The van der Waals surface area contributed by atoms with Crippen LogP contribution in [0.2, 0.25) is 0 Å². The van der Waals surface area contributed by atoms with Crippen molar-refractivity contribution in [1.29, 1.82) is 0 Å².